The van der Waals surface area contributed by atoms with Gasteiger partial charge in [-0.1, -0.05) is 60.0 Å². The molecule has 6 aromatic rings. The molecule has 1 radical (unpaired) electrons. The van der Waals surface area contributed by atoms with Crippen molar-refractivity contribution < 1.29 is 81.5 Å². The summed E-state index contributed by atoms with van der Waals surface area (Å²) in [6.45, 7) is 3.27. The Kier molecular flexibility index (Phi) is 16.2. The largest absolute Gasteiger partial charge is 1.00 e. The van der Waals surface area contributed by atoms with E-state index in [1.54, 1.807) is 62.4 Å². The van der Waals surface area contributed by atoms with E-state index < -0.39 is 42.7 Å². The van der Waals surface area contributed by atoms with Crippen LogP contribution >= 0.6 is 0 Å². The summed E-state index contributed by atoms with van der Waals surface area (Å²) in [4.78, 5) is 24.5. The molecule has 6 N–H and O–H groups in total. The molecular formula is C32H28CoLi2N10O8S2. The van der Waals surface area contributed by atoms with Gasteiger partial charge < -0.3 is 10.2 Å². The van der Waals surface area contributed by atoms with Crippen LogP contribution in [0.3, 0.4) is 0 Å². The zero-order valence-electron chi connectivity index (χ0n) is 29.5. The Hall–Kier alpha value is -4.78. The number of para-hydroxylation sites is 2. The Morgan fingerprint density at radius 3 is 1.20 bits per heavy atom. The van der Waals surface area contributed by atoms with Gasteiger partial charge in [0.1, 0.15) is 0 Å². The fraction of sp³-hybridized carbons (Fsp3) is 0.0625. The molecule has 0 aliphatic carbocycles. The smallest absolute Gasteiger partial charge is 0.871 e. The quantitative estimate of drug-likeness (QED) is 0.0919. The average Bonchev–Trinajstić information content (AvgIpc) is 3.56. The first-order valence-electron chi connectivity index (χ1n) is 14.8. The van der Waals surface area contributed by atoms with Gasteiger partial charge in [0.2, 0.25) is 20.0 Å². The van der Waals surface area contributed by atoms with Gasteiger partial charge in [-0.05, 0) is 62.4 Å². The van der Waals surface area contributed by atoms with Crippen LogP contribution in [0.5, 0.6) is 11.5 Å². The minimum Gasteiger partial charge on any atom is -0.871 e. The van der Waals surface area contributed by atoms with Gasteiger partial charge in [-0.25, -0.2) is 36.5 Å². The molecule has 0 amide bonds. The van der Waals surface area contributed by atoms with Crippen molar-refractivity contribution in [1.82, 2.24) is 19.6 Å². The SMILES string of the molecule is Cc1[nH]n(-c2ccccc2)c(=O)c1N=Nc1cc(S(N)(=O)=O)ccc1[O-].Cc1[nH]n(-c2ccccc2)c(=O)c1N=Nc1cc(S(N)(=O)=O)ccc1[O-].[Co].[Li+].[Li+]. The molecule has 0 spiro atoms. The number of nitrogens with two attached hydrogens (primary N) is 2. The Labute approximate surface area is 348 Å². The summed E-state index contributed by atoms with van der Waals surface area (Å²) in [6, 6.07) is 24.0. The maximum absolute atomic E-state index is 12.5. The van der Waals surface area contributed by atoms with E-state index in [-0.39, 0.29) is 87.0 Å². The summed E-state index contributed by atoms with van der Waals surface area (Å²) in [6.07, 6.45) is 0. The summed E-state index contributed by atoms with van der Waals surface area (Å²) in [5, 5.41) is 54.6. The zero-order valence-corrected chi connectivity index (χ0v) is 32.2. The number of benzene rings is 4. The molecule has 2 aromatic heterocycles. The molecule has 0 fully saturated rings. The van der Waals surface area contributed by atoms with Gasteiger partial charge >= 0.3 is 37.7 Å². The Bertz CT molecular complexity index is 2500. The van der Waals surface area contributed by atoms with Crippen molar-refractivity contribution >= 4 is 42.8 Å². The number of aromatic amines is 2. The number of H-pyrrole nitrogens is 2. The van der Waals surface area contributed by atoms with Crippen LogP contribution in [0.25, 0.3) is 11.4 Å². The van der Waals surface area contributed by atoms with Crippen molar-refractivity contribution in [3.63, 3.8) is 0 Å². The molecule has 0 bridgehead atoms. The second-order valence-electron chi connectivity index (χ2n) is 10.9. The number of hydrogen-bond acceptors (Lipinski definition) is 12. The van der Waals surface area contributed by atoms with Crippen molar-refractivity contribution in [3.8, 4) is 22.9 Å². The molecule has 6 rings (SSSR count). The van der Waals surface area contributed by atoms with Gasteiger partial charge in [0.15, 0.2) is 11.4 Å². The second kappa shape index (κ2) is 19.2. The van der Waals surface area contributed by atoms with Gasteiger partial charge in [-0.3, -0.25) is 19.8 Å². The van der Waals surface area contributed by atoms with E-state index in [9.17, 15) is 36.6 Å². The molecule has 2 heterocycles. The molecule has 0 saturated heterocycles. The zero-order chi connectivity index (χ0) is 37.8. The Balaban J connectivity index is 0.000000360. The molecule has 0 unspecified atom stereocenters. The van der Waals surface area contributed by atoms with Crippen molar-refractivity contribution in [1.29, 1.82) is 0 Å². The normalized spacial score (nSPS) is 11.3. The van der Waals surface area contributed by atoms with Crippen LogP contribution in [0, 0.1) is 13.8 Å². The van der Waals surface area contributed by atoms with Crippen molar-refractivity contribution in [3.05, 3.63) is 129 Å². The van der Waals surface area contributed by atoms with Crippen LogP contribution in [0.2, 0.25) is 0 Å². The minimum atomic E-state index is -3.99. The van der Waals surface area contributed by atoms with Crippen molar-refractivity contribution in [2.45, 2.75) is 23.6 Å². The number of nitrogens with zero attached hydrogens (tertiary/aromatic N) is 6. The van der Waals surface area contributed by atoms with Gasteiger partial charge in [0, 0.05) is 16.8 Å². The number of aryl methyl sites for hydroxylation is 2. The molecule has 0 aliphatic heterocycles. The number of aromatic nitrogens is 4. The first-order valence-corrected chi connectivity index (χ1v) is 17.9. The molecule has 277 valence electrons. The Morgan fingerprint density at radius 2 is 0.891 bits per heavy atom. The summed E-state index contributed by atoms with van der Waals surface area (Å²) in [5.74, 6) is -1.09. The molecule has 4 aromatic carbocycles. The number of nitrogens with one attached hydrogen (secondary N) is 2. The summed E-state index contributed by atoms with van der Waals surface area (Å²) in [5.41, 5.74) is 0.759. The average molecular weight is 818 g/mol. The summed E-state index contributed by atoms with van der Waals surface area (Å²) < 4.78 is 48.1. The second-order valence-corrected chi connectivity index (χ2v) is 14.0. The van der Waals surface area contributed by atoms with E-state index in [2.05, 4.69) is 30.7 Å². The van der Waals surface area contributed by atoms with Gasteiger partial charge in [0.05, 0.1) is 43.9 Å². The van der Waals surface area contributed by atoms with Crippen molar-refractivity contribution in [2.75, 3.05) is 0 Å². The molecule has 0 atom stereocenters. The predicted molar refractivity (Wildman–Crippen MR) is 185 cm³/mol. The number of rotatable bonds is 8. The van der Waals surface area contributed by atoms with Crippen LogP contribution in [0.4, 0.5) is 22.7 Å². The van der Waals surface area contributed by atoms with Gasteiger partial charge in [0.25, 0.3) is 11.1 Å². The van der Waals surface area contributed by atoms with E-state index in [0.717, 1.165) is 36.4 Å². The Morgan fingerprint density at radius 1 is 0.564 bits per heavy atom. The van der Waals surface area contributed by atoms with Gasteiger partial charge in [-0.2, -0.15) is 10.2 Å². The number of primary sulfonamides is 2. The molecule has 0 saturated carbocycles. The van der Waals surface area contributed by atoms with Crippen LogP contribution in [-0.2, 0) is 36.8 Å². The first kappa shape index (κ1) is 46.4. The van der Waals surface area contributed by atoms with Crippen LogP contribution in [0.15, 0.2) is 137 Å². The topological polar surface area (TPSA) is 291 Å². The standard InChI is InChI=1S/2C16H15N5O4S.Co.2Li/c2*1-10-15(16(23)21(20-10)11-5-3-2-4-6-11)19-18-13-9-12(26(17,24)25)7-8-14(13)22;;;/h2*2-9,20,22H,1H3,(H2,17,24,25);;;/q;;;2*+1/p-2. The van der Waals surface area contributed by atoms with Crippen molar-refractivity contribution in [2.24, 2.45) is 30.7 Å². The first-order chi connectivity index (χ1) is 24.5. The maximum Gasteiger partial charge on any atom is 1.00 e. The molecule has 23 heteroatoms. The van der Waals surface area contributed by atoms with E-state index >= 15 is 0 Å². The number of sulfonamides is 2. The van der Waals surface area contributed by atoms with E-state index in [1.807, 2.05) is 12.1 Å². The van der Waals surface area contributed by atoms with E-state index in [0.29, 0.717) is 22.8 Å². The van der Waals surface area contributed by atoms with Crippen LogP contribution in [0.1, 0.15) is 11.4 Å². The molecular weight excluding hydrogens is 789 g/mol. The fourth-order valence-electron chi connectivity index (χ4n) is 4.54. The molecule has 18 nitrogen and oxygen atoms in total. The fourth-order valence-corrected chi connectivity index (χ4v) is 5.61. The summed E-state index contributed by atoms with van der Waals surface area (Å²) in [7, 11) is -7.97. The minimum absolute atomic E-state index is 0. The third-order valence-corrected chi connectivity index (χ3v) is 8.96. The monoisotopic (exact) mass is 817 g/mol. The van der Waals surface area contributed by atoms with E-state index in [1.165, 1.54) is 9.36 Å². The molecule has 55 heavy (non-hydrogen) atoms. The maximum atomic E-state index is 12.5. The third kappa shape index (κ3) is 11.1. The number of hydrogen-bond donors (Lipinski definition) is 4. The predicted octanol–water partition coefficient (Wildman–Crippen LogP) is -2.77. The third-order valence-electron chi connectivity index (χ3n) is 7.14. The number of azo groups is 2. The summed E-state index contributed by atoms with van der Waals surface area (Å²) >= 11 is 0. The van der Waals surface area contributed by atoms with E-state index in [4.69, 9.17) is 10.3 Å². The van der Waals surface area contributed by atoms with Gasteiger partial charge in [-0.15, -0.1) is 10.2 Å². The van der Waals surface area contributed by atoms with Crippen LogP contribution < -0.4 is 69.3 Å². The van der Waals surface area contributed by atoms with Crippen LogP contribution in [-0.4, -0.2) is 36.4 Å². The molecule has 0 aliphatic rings.